The number of rotatable bonds is 9. The lowest BCUT2D eigenvalue weighted by molar-refractivity contribution is -0.116. The molecule has 158 valence electrons. The molecule has 0 radical (unpaired) electrons. The monoisotopic (exact) mass is 407 g/mol. The summed E-state index contributed by atoms with van der Waals surface area (Å²) in [5.74, 6) is 1.93. The summed E-state index contributed by atoms with van der Waals surface area (Å²) in [5.41, 5.74) is 3.76. The standard InChI is InChI=1S/C24H29N3O3/c1-5-29-20-13-12-19(15-21(20)30-6-2)23-17(4)26-27-24(23)25-22(28)14-16(3)18-10-8-7-9-11-18/h7-13,15-16H,5-6,14H2,1-4H3,(H2,25,26,27,28)/t16-/m0/s1. The molecule has 0 aliphatic rings. The Labute approximate surface area is 177 Å². The van der Waals surface area contributed by atoms with Crippen molar-refractivity contribution < 1.29 is 14.3 Å². The van der Waals surface area contributed by atoms with E-state index in [9.17, 15) is 4.79 Å². The van der Waals surface area contributed by atoms with Crippen LogP contribution in [0.25, 0.3) is 11.1 Å². The fourth-order valence-electron chi connectivity index (χ4n) is 3.44. The molecule has 0 aliphatic carbocycles. The molecule has 0 unspecified atom stereocenters. The van der Waals surface area contributed by atoms with Gasteiger partial charge in [-0.3, -0.25) is 9.89 Å². The van der Waals surface area contributed by atoms with Crippen molar-refractivity contribution in [2.75, 3.05) is 18.5 Å². The van der Waals surface area contributed by atoms with Crippen LogP contribution in [0, 0.1) is 6.92 Å². The number of H-pyrrole nitrogens is 1. The van der Waals surface area contributed by atoms with Gasteiger partial charge in [-0.1, -0.05) is 43.3 Å². The number of amides is 1. The maximum Gasteiger partial charge on any atom is 0.226 e. The lowest BCUT2D eigenvalue weighted by atomic mass is 9.97. The van der Waals surface area contributed by atoms with Gasteiger partial charge in [-0.25, -0.2) is 0 Å². The van der Waals surface area contributed by atoms with E-state index in [1.165, 1.54) is 0 Å². The number of aromatic amines is 1. The highest BCUT2D eigenvalue weighted by Crippen LogP contribution is 2.36. The highest BCUT2D eigenvalue weighted by atomic mass is 16.5. The molecule has 30 heavy (non-hydrogen) atoms. The quantitative estimate of drug-likeness (QED) is 0.504. The number of anilines is 1. The molecule has 6 nitrogen and oxygen atoms in total. The van der Waals surface area contributed by atoms with E-state index in [0.717, 1.165) is 22.4 Å². The van der Waals surface area contributed by atoms with Gasteiger partial charge in [0.1, 0.15) is 0 Å². The van der Waals surface area contributed by atoms with Crippen molar-refractivity contribution in [2.24, 2.45) is 0 Å². The van der Waals surface area contributed by atoms with E-state index in [4.69, 9.17) is 9.47 Å². The Morgan fingerprint density at radius 3 is 2.47 bits per heavy atom. The Balaban J connectivity index is 1.81. The highest BCUT2D eigenvalue weighted by molar-refractivity contribution is 5.95. The number of hydrogen-bond donors (Lipinski definition) is 2. The first-order chi connectivity index (χ1) is 14.5. The third-order valence-corrected chi connectivity index (χ3v) is 4.90. The average Bonchev–Trinajstić information content (AvgIpc) is 3.10. The van der Waals surface area contributed by atoms with Crippen LogP contribution in [0.4, 0.5) is 5.82 Å². The molecule has 3 rings (SSSR count). The molecule has 1 amide bonds. The predicted octanol–water partition coefficient (Wildman–Crippen LogP) is 5.31. The van der Waals surface area contributed by atoms with Gasteiger partial charge in [0.05, 0.1) is 13.2 Å². The molecule has 0 fully saturated rings. The maximum absolute atomic E-state index is 12.7. The van der Waals surface area contributed by atoms with Gasteiger partial charge in [0.2, 0.25) is 5.91 Å². The molecular formula is C24H29N3O3. The number of benzene rings is 2. The maximum atomic E-state index is 12.7. The van der Waals surface area contributed by atoms with Crippen molar-refractivity contribution >= 4 is 11.7 Å². The Hall–Kier alpha value is -3.28. The molecule has 2 N–H and O–H groups in total. The van der Waals surface area contributed by atoms with E-state index < -0.39 is 0 Å². The number of carbonyl (C=O) groups is 1. The molecule has 3 aromatic rings. The van der Waals surface area contributed by atoms with Crippen molar-refractivity contribution in [1.29, 1.82) is 0 Å². The van der Waals surface area contributed by atoms with Crippen LogP contribution in [0.5, 0.6) is 11.5 Å². The van der Waals surface area contributed by atoms with Crippen LogP contribution in [-0.2, 0) is 4.79 Å². The van der Waals surface area contributed by atoms with Gasteiger partial charge in [-0.15, -0.1) is 0 Å². The van der Waals surface area contributed by atoms with E-state index in [1.807, 2.05) is 76.2 Å². The van der Waals surface area contributed by atoms with E-state index in [0.29, 0.717) is 37.0 Å². The van der Waals surface area contributed by atoms with Crippen LogP contribution in [-0.4, -0.2) is 29.3 Å². The number of ether oxygens (including phenoxy) is 2. The number of carbonyl (C=O) groups excluding carboxylic acids is 1. The number of nitrogens with zero attached hydrogens (tertiary/aromatic N) is 1. The zero-order valence-electron chi connectivity index (χ0n) is 18.0. The third-order valence-electron chi connectivity index (χ3n) is 4.90. The first kappa shape index (κ1) is 21.4. The summed E-state index contributed by atoms with van der Waals surface area (Å²) in [6.07, 6.45) is 0.378. The van der Waals surface area contributed by atoms with Crippen molar-refractivity contribution in [3.05, 3.63) is 59.8 Å². The molecule has 0 spiro atoms. The summed E-state index contributed by atoms with van der Waals surface area (Å²) in [5, 5.41) is 10.3. The van der Waals surface area contributed by atoms with Gasteiger partial charge in [0.25, 0.3) is 0 Å². The molecule has 1 heterocycles. The predicted molar refractivity (Wildman–Crippen MR) is 119 cm³/mol. The van der Waals surface area contributed by atoms with Gasteiger partial charge in [-0.05, 0) is 49.9 Å². The van der Waals surface area contributed by atoms with Crippen LogP contribution in [0.3, 0.4) is 0 Å². The smallest absolute Gasteiger partial charge is 0.226 e. The van der Waals surface area contributed by atoms with Gasteiger partial charge < -0.3 is 14.8 Å². The summed E-state index contributed by atoms with van der Waals surface area (Å²) in [6.45, 7) is 8.95. The highest BCUT2D eigenvalue weighted by Gasteiger charge is 2.18. The molecule has 0 saturated carbocycles. The Morgan fingerprint density at radius 1 is 1.07 bits per heavy atom. The van der Waals surface area contributed by atoms with E-state index >= 15 is 0 Å². The topological polar surface area (TPSA) is 76.2 Å². The molecule has 0 bridgehead atoms. The average molecular weight is 408 g/mol. The summed E-state index contributed by atoms with van der Waals surface area (Å²) in [7, 11) is 0. The van der Waals surface area contributed by atoms with Crippen molar-refractivity contribution in [3.63, 3.8) is 0 Å². The van der Waals surface area contributed by atoms with Crippen LogP contribution < -0.4 is 14.8 Å². The van der Waals surface area contributed by atoms with Crippen LogP contribution in [0.2, 0.25) is 0 Å². The van der Waals surface area contributed by atoms with Gasteiger partial charge in [0.15, 0.2) is 17.3 Å². The van der Waals surface area contributed by atoms with Gasteiger partial charge in [0, 0.05) is 17.7 Å². The summed E-state index contributed by atoms with van der Waals surface area (Å²) >= 11 is 0. The van der Waals surface area contributed by atoms with E-state index in [-0.39, 0.29) is 11.8 Å². The zero-order chi connectivity index (χ0) is 21.5. The minimum Gasteiger partial charge on any atom is -0.490 e. The van der Waals surface area contributed by atoms with E-state index in [1.54, 1.807) is 0 Å². The molecule has 0 aliphatic heterocycles. The first-order valence-corrected chi connectivity index (χ1v) is 10.3. The Kier molecular flexibility index (Phi) is 7.12. The minimum absolute atomic E-state index is 0.0740. The van der Waals surface area contributed by atoms with Gasteiger partial charge in [-0.2, -0.15) is 5.10 Å². The summed E-state index contributed by atoms with van der Waals surface area (Å²) in [4.78, 5) is 12.7. The fraction of sp³-hybridized carbons (Fsp3) is 0.333. The molecule has 2 aromatic carbocycles. The summed E-state index contributed by atoms with van der Waals surface area (Å²) < 4.78 is 11.4. The van der Waals surface area contributed by atoms with Crippen molar-refractivity contribution in [3.8, 4) is 22.6 Å². The van der Waals surface area contributed by atoms with Crippen LogP contribution >= 0.6 is 0 Å². The second-order valence-corrected chi connectivity index (χ2v) is 7.16. The lowest BCUT2D eigenvalue weighted by Gasteiger charge is -2.14. The van der Waals surface area contributed by atoms with E-state index in [2.05, 4.69) is 15.5 Å². The SMILES string of the molecule is CCOc1ccc(-c2c(NC(=O)C[C@H](C)c3ccccc3)n[nH]c2C)cc1OCC. The largest absolute Gasteiger partial charge is 0.490 e. The van der Waals surface area contributed by atoms with Crippen LogP contribution in [0.15, 0.2) is 48.5 Å². The minimum atomic E-state index is -0.0740. The van der Waals surface area contributed by atoms with Gasteiger partial charge >= 0.3 is 0 Å². The number of aryl methyl sites for hydroxylation is 1. The number of hydrogen-bond acceptors (Lipinski definition) is 4. The number of aromatic nitrogens is 2. The second kappa shape index (κ2) is 9.96. The van der Waals surface area contributed by atoms with Crippen molar-refractivity contribution in [2.45, 2.75) is 40.0 Å². The lowest BCUT2D eigenvalue weighted by Crippen LogP contribution is -2.15. The first-order valence-electron chi connectivity index (χ1n) is 10.3. The molecule has 6 heteroatoms. The van der Waals surface area contributed by atoms with Crippen molar-refractivity contribution in [1.82, 2.24) is 10.2 Å². The summed E-state index contributed by atoms with van der Waals surface area (Å²) in [6, 6.07) is 15.8. The Bertz CT molecular complexity index is 983. The fourth-order valence-corrected chi connectivity index (χ4v) is 3.44. The molecular weight excluding hydrogens is 378 g/mol. The molecule has 1 atom stereocenters. The number of nitrogens with one attached hydrogen (secondary N) is 2. The molecule has 0 saturated heterocycles. The Morgan fingerprint density at radius 2 is 1.77 bits per heavy atom. The third kappa shape index (κ3) is 5.00. The van der Waals surface area contributed by atoms with Crippen LogP contribution in [0.1, 0.15) is 44.4 Å². The second-order valence-electron chi connectivity index (χ2n) is 7.16. The normalized spacial score (nSPS) is 11.7. The molecule has 1 aromatic heterocycles. The zero-order valence-corrected chi connectivity index (χ0v) is 18.0.